The molecule has 2 aromatic carbocycles. The zero-order valence-electron chi connectivity index (χ0n) is 21.0. The predicted octanol–water partition coefficient (Wildman–Crippen LogP) is 4.20. The molecule has 7 nitrogen and oxygen atoms in total. The number of benzene rings is 2. The van der Waals surface area contributed by atoms with E-state index < -0.39 is 0 Å². The first kappa shape index (κ1) is 25.2. The summed E-state index contributed by atoms with van der Waals surface area (Å²) in [5, 5.41) is 0. The number of likely N-dealkylation sites (N-methyl/N-ethyl adjacent to an activating group) is 1. The monoisotopic (exact) mass is 495 g/mol. The number of hydrogen-bond acceptors (Lipinski definition) is 7. The van der Waals surface area contributed by atoms with Crippen LogP contribution < -0.4 is 4.74 Å². The summed E-state index contributed by atoms with van der Waals surface area (Å²) < 4.78 is 30.5. The van der Waals surface area contributed by atoms with Crippen LogP contribution in [0.3, 0.4) is 0 Å². The number of fused-ring (bicyclic) bond motifs is 2. The van der Waals surface area contributed by atoms with Gasteiger partial charge >= 0.3 is 5.97 Å². The van der Waals surface area contributed by atoms with E-state index in [0.29, 0.717) is 26.2 Å². The van der Waals surface area contributed by atoms with Gasteiger partial charge in [0.2, 0.25) is 0 Å². The summed E-state index contributed by atoms with van der Waals surface area (Å²) in [4.78, 5) is 14.6. The molecule has 6 unspecified atom stereocenters. The number of hydrogen-bond donors (Lipinski definition) is 0. The lowest BCUT2D eigenvalue weighted by Gasteiger charge is -2.39. The molecule has 2 heterocycles. The molecule has 2 aliphatic heterocycles. The predicted molar refractivity (Wildman–Crippen MR) is 134 cm³/mol. The maximum atomic E-state index is 12.3. The number of rotatable bonds is 11. The fraction of sp³-hybridized carbons (Fsp3) is 0.552. The first-order valence-corrected chi connectivity index (χ1v) is 13.2. The van der Waals surface area contributed by atoms with Crippen LogP contribution in [0.25, 0.3) is 0 Å². The Morgan fingerprint density at radius 1 is 1.06 bits per heavy atom. The van der Waals surface area contributed by atoms with Crippen molar-refractivity contribution in [1.82, 2.24) is 4.90 Å². The van der Waals surface area contributed by atoms with Crippen molar-refractivity contribution < 1.29 is 28.5 Å². The van der Waals surface area contributed by atoms with E-state index in [2.05, 4.69) is 24.1 Å². The molecule has 3 fully saturated rings. The highest BCUT2D eigenvalue weighted by Crippen LogP contribution is 2.41. The van der Waals surface area contributed by atoms with Gasteiger partial charge in [-0.3, -0.25) is 9.69 Å². The van der Waals surface area contributed by atoms with E-state index in [0.717, 1.165) is 43.6 Å². The molecule has 0 N–H and O–H groups in total. The first-order valence-electron chi connectivity index (χ1n) is 13.2. The highest BCUT2D eigenvalue weighted by molar-refractivity contribution is 5.71. The van der Waals surface area contributed by atoms with Crippen LogP contribution in [0.5, 0.6) is 5.75 Å². The SMILES string of the molecule is CN(CC(COc1ccccc1)OC1CCCCO1)C1C2CC(OCc3ccccc3)C1CC(=O)O2. The molecule has 2 bridgehead atoms. The lowest BCUT2D eigenvalue weighted by Crippen LogP contribution is -2.52. The topological polar surface area (TPSA) is 66.5 Å². The van der Waals surface area contributed by atoms with Crippen LogP contribution in [0, 0.1) is 5.92 Å². The molecule has 0 amide bonds. The molecule has 194 valence electrons. The molecule has 3 aliphatic rings. The van der Waals surface area contributed by atoms with E-state index in [1.54, 1.807) is 0 Å². The van der Waals surface area contributed by atoms with Crippen LogP contribution in [-0.2, 0) is 30.3 Å². The highest BCUT2D eigenvalue weighted by Gasteiger charge is 2.52. The molecule has 0 radical (unpaired) electrons. The summed E-state index contributed by atoms with van der Waals surface area (Å²) in [6.07, 6.45) is 3.59. The molecule has 0 spiro atoms. The smallest absolute Gasteiger partial charge is 0.306 e. The fourth-order valence-corrected chi connectivity index (χ4v) is 5.72. The minimum absolute atomic E-state index is 0.0179. The van der Waals surface area contributed by atoms with Gasteiger partial charge in [0.25, 0.3) is 0 Å². The highest BCUT2D eigenvalue weighted by atomic mass is 16.7. The molecule has 1 saturated carbocycles. The van der Waals surface area contributed by atoms with Crippen LogP contribution >= 0.6 is 0 Å². The summed E-state index contributed by atoms with van der Waals surface area (Å²) in [5.74, 6) is 0.780. The fourth-order valence-electron chi connectivity index (χ4n) is 5.72. The van der Waals surface area contributed by atoms with Crippen LogP contribution in [0.4, 0.5) is 0 Å². The number of para-hydroxylation sites is 1. The van der Waals surface area contributed by atoms with Gasteiger partial charge in [0, 0.05) is 25.5 Å². The summed E-state index contributed by atoms with van der Waals surface area (Å²) in [6, 6.07) is 20.0. The van der Waals surface area contributed by atoms with Gasteiger partial charge in [-0.15, -0.1) is 0 Å². The average Bonchev–Trinajstić information content (AvgIpc) is 3.14. The van der Waals surface area contributed by atoms with Crippen LogP contribution in [0.1, 0.15) is 37.7 Å². The maximum Gasteiger partial charge on any atom is 0.306 e. The first-order chi connectivity index (χ1) is 17.7. The lowest BCUT2D eigenvalue weighted by molar-refractivity contribution is -0.198. The van der Waals surface area contributed by atoms with Gasteiger partial charge in [-0.25, -0.2) is 0 Å². The third-order valence-corrected chi connectivity index (χ3v) is 7.42. The number of ether oxygens (including phenoxy) is 5. The zero-order valence-corrected chi connectivity index (χ0v) is 21.0. The van der Waals surface area contributed by atoms with Gasteiger partial charge in [-0.05, 0) is 44.0 Å². The number of carbonyl (C=O) groups is 1. The normalized spacial score (nSPS) is 28.6. The minimum Gasteiger partial charge on any atom is -0.491 e. The lowest BCUT2D eigenvalue weighted by atomic mass is 9.94. The minimum atomic E-state index is -0.209. The van der Waals surface area contributed by atoms with Crippen molar-refractivity contribution in [2.24, 2.45) is 5.92 Å². The van der Waals surface area contributed by atoms with Gasteiger partial charge in [-0.2, -0.15) is 0 Å². The second kappa shape index (κ2) is 12.2. The number of esters is 1. The molecule has 6 atom stereocenters. The van der Waals surface area contributed by atoms with Gasteiger partial charge in [0.1, 0.15) is 24.6 Å². The van der Waals surface area contributed by atoms with E-state index in [1.165, 1.54) is 0 Å². The van der Waals surface area contributed by atoms with Gasteiger partial charge < -0.3 is 23.7 Å². The third-order valence-electron chi connectivity index (χ3n) is 7.42. The summed E-state index contributed by atoms with van der Waals surface area (Å²) in [7, 11) is 2.09. The quantitative estimate of drug-likeness (QED) is 0.433. The Morgan fingerprint density at radius 2 is 1.83 bits per heavy atom. The van der Waals surface area contributed by atoms with Crippen molar-refractivity contribution in [3.05, 3.63) is 66.2 Å². The van der Waals surface area contributed by atoms with Crippen molar-refractivity contribution in [3.8, 4) is 5.75 Å². The van der Waals surface area contributed by atoms with Crippen molar-refractivity contribution in [2.75, 3.05) is 26.8 Å². The average molecular weight is 496 g/mol. The van der Waals surface area contributed by atoms with E-state index in [-0.39, 0.29) is 42.5 Å². The van der Waals surface area contributed by atoms with Crippen molar-refractivity contribution in [2.45, 2.75) is 69.4 Å². The van der Waals surface area contributed by atoms with Crippen molar-refractivity contribution in [3.63, 3.8) is 0 Å². The Balaban J connectivity index is 1.23. The molecule has 5 rings (SSSR count). The second-order valence-corrected chi connectivity index (χ2v) is 10.1. The van der Waals surface area contributed by atoms with Gasteiger partial charge in [0.05, 0.1) is 25.2 Å². The second-order valence-electron chi connectivity index (χ2n) is 10.1. The van der Waals surface area contributed by atoms with Crippen LogP contribution in [0.15, 0.2) is 60.7 Å². The van der Waals surface area contributed by atoms with E-state index in [1.807, 2.05) is 48.5 Å². The molecular formula is C29H37NO6. The number of carbonyl (C=O) groups excluding carboxylic acids is 1. The van der Waals surface area contributed by atoms with Crippen LogP contribution in [-0.4, -0.2) is 68.3 Å². The molecule has 1 aliphatic carbocycles. The van der Waals surface area contributed by atoms with Crippen molar-refractivity contribution in [1.29, 1.82) is 0 Å². The molecule has 2 saturated heterocycles. The van der Waals surface area contributed by atoms with E-state index in [4.69, 9.17) is 23.7 Å². The van der Waals surface area contributed by atoms with Crippen molar-refractivity contribution >= 4 is 5.97 Å². The van der Waals surface area contributed by atoms with E-state index in [9.17, 15) is 4.79 Å². The Morgan fingerprint density at radius 3 is 2.58 bits per heavy atom. The Kier molecular flexibility index (Phi) is 8.54. The summed E-state index contributed by atoms with van der Waals surface area (Å²) in [5.41, 5.74) is 1.13. The largest absolute Gasteiger partial charge is 0.491 e. The maximum absolute atomic E-state index is 12.3. The standard InChI is InChI=1S/C29H37NO6/c1-30(18-23(35-28-14-8-9-15-32-28)20-33-22-12-6-3-7-13-22)29-24-16-27(31)36-26(29)17-25(24)34-19-21-10-4-2-5-11-21/h2-7,10-13,23-26,28-29H,8-9,14-20H2,1H3. The Hall–Kier alpha value is -2.45. The van der Waals surface area contributed by atoms with Gasteiger partial charge in [0.15, 0.2) is 6.29 Å². The Labute approximate surface area is 213 Å². The molecule has 2 aromatic rings. The molecule has 36 heavy (non-hydrogen) atoms. The molecule has 7 heteroatoms. The Bertz CT molecular complexity index is 951. The van der Waals surface area contributed by atoms with Crippen LogP contribution in [0.2, 0.25) is 0 Å². The third kappa shape index (κ3) is 6.45. The number of nitrogens with zero attached hydrogens (tertiary/aromatic N) is 1. The molecular weight excluding hydrogens is 458 g/mol. The van der Waals surface area contributed by atoms with Gasteiger partial charge in [-0.1, -0.05) is 48.5 Å². The van der Waals surface area contributed by atoms with E-state index >= 15 is 0 Å². The summed E-state index contributed by atoms with van der Waals surface area (Å²) in [6.45, 7) is 2.34. The zero-order chi connectivity index (χ0) is 24.7. The summed E-state index contributed by atoms with van der Waals surface area (Å²) >= 11 is 0. The molecule has 0 aromatic heterocycles.